The van der Waals surface area contributed by atoms with Gasteiger partial charge in [-0.15, -0.1) is 0 Å². The average Bonchev–Trinajstić information content (AvgIpc) is 3.35. The molecule has 0 bridgehead atoms. The largest absolute Gasteiger partial charge is 0.416 e. The number of amides is 4. The van der Waals surface area contributed by atoms with Crippen LogP contribution in [0.3, 0.4) is 0 Å². The number of alkyl halides is 3. The summed E-state index contributed by atoms with van der Waals surface area (Å²) in [7, 11) is 0. The topological polar surface area (TPSA) is 86.4 Å². The van der Waals surface area contributed by atoms with Crippen molar-refractivity contribution >= 4 is 34.2 Å². The van der Waals surface area contributed by atoms with E-state index in [4.69, 9.17) is 0 Å². The zero-order valence-electron chi connectivity index (χ0n) is 16.6. The van der Waals surface area contributed by atoms with E-state index < -0.39 is 17.8 Å². The van der Waals surface area contributed by atoms with Gasteiger partial charge in [-0.05, 0) is 31.0 Å². The van der Waals surface area contributed by atoms with E-state index in [-0.39, 0.29) is 24.3 Å². The number of rotatable bonds is 3. The van der Waals surface area contributed by atoms with Crippen molar-refractivity contribution in [3.63, 3.8) is 0 Å². The minimum absolute atomic E-state index is 0.0841. The van der Waals surface area contributed by atoms with Crippen LogP contribution in [0.4, 0.5) is 33.6 Å². The number of carbonyl (C=O) groups is 2. The van der Waals surface area contributed by atoms with Gasteiger partial charge in [-0.2, -0.15) is 13.2 Å². The Morgan fingerprint density at radius 1 is 1.16 bits per heavy atom. The first-order chi connectivity index (χ1) is 14.8. The van der Waals surface area contributed by atoms with Crippen LogP contribution in [0.5, 0.6) is 0 Å². The Bertz CT molecular complexity index is 972. The summed E-state index contributed by atoms with van der Waals surface area (Å²) in [5.74, 6) is 0. The van der Waals surface area contributed by atoms with Crippen LogP contribution in [-0.2, 0) is 19.1 Å². The van der Waals surface area contributed by atoms with Crippen molar-refractivity contribution in [1.82, 2.24) is 15.2 Å². The highest BCUT2D eigenvalue weighted by molar-refractivity contribution is 7.15. The number of hydrogen-bond acceptors (Lipinski definition) is 4. The molecular weight excluding hydrogens is 431 g/mol. The maximum Gasteiger partial charge on any atom is 0.416 e. The lowest BCUT2D eigenvalue weighted by Gasteiger charge is -2.26. The predicted molar refractivity (Wildman–Crippen MR) is 111 cm³/mol. The number of benzene rings is 1. The molecule has 7 nitrogen and oxygen atoms in total. The van der Waals surface area contributed by atoms with Crippen molar-refractivity contribution in [3.05, 3.63) is 40.4 Å². The summed E-state index contributed by atoms with van der Waals surface area (Å²) in [6.07, 6.45) is 0.240. The molecular formula is C20H22F3N5O2S. The van der Waals surface area contributed by atoms with E-state index in [0.29, 0.717) is 18.1 Å². The van der Waals surface area contributed by atoms with E-state index in [9.17, 15) is 22.8 Å². The lowest BCUT2D eigenvalue weighted by Crippen LogP contribution is -2.38. The molecule has 2 aromatic rings. The van der Waals surface area contributed by atoms with Gasteiger partial charge in [0.1, 0.15) is 0 Å². The van der Waals surface area contributed by atoms with Gasteiger partial charge in [0.15, 0.2) is 5.13 Å². The summed E-state index contributed by atoms with van der Waals surface area (Å²) >= 11 is 1.30. The number of carbonyl (C=O) groups excluding carboxylic acids is 2. The van der Waals surface area contributed by atoms with Crippen LogP contribution < -0.4 is 16.0 Å². The summed E-state index contributed by atoms with van der Waals surface area (Å²) in [5.41, 5.74) is 0.0884. The molecule has 0 unspecified atom stereocenters. The number of nitrogens with zero attached hydrogens (tertiary/aromatic N) is 2. The summed E-state index contributed by atoms with van der Waals surface area (Å²) in [6.45, 7) is 0.666. The molecule has 166 valence electrons. The van der Waals surface area contributed by atoms with E-state index in [2.05, 4.69) is 20.9 Å². The minimum Gasteiger partial charge on any atom is -0.335 e. The zero-order chi connectivity index (χ0) is 22.0. The third kappa shape index (κ3) is 5.27. The second-order valence-electron chi connectivity index (χ2n) is 7.65. The fourth-order valence-electron chi connectivity index (χ4n) is 3.79. The number of urea groups is 2. The van der Waals surface area contributed by atoms with Crippen molar-refractivity contribution in [1.29, 1.82) is 0 Å². The van der Waals surface area contributed by atoms with Crippen LogP contribution in [0.1, 0.15) is 41.8 Å². The molecule has 2 heterocycles. The Morgan fingerprint density at radius 3 is 2.68 bits per heavy atom. The van der Waals surface area contributed by atoms with Crippen LogP contribution in [0, 0.1) is 0 Å². The monoisotopic (exact) mass is 453 g/mol. The van der Waals surface area contributed by atoms with Crippen molar-refractivity contribution < 1.29 is 22.8 Å². The first-order valence-corrected chi connectivity index (χ1v) is 10.9. The summed E-state index contributed by atoms with van der Waals surface area (Å²) in [5, 5.41) is 8.70. The second kappa shape index (κ2) is 8.74. The Morgan fingerprint density at radius 2 is 1.94 bits per heavy atom. The Labute approximate surface area is 181 Å². The Kier molecular flexibility index (Phi) is 6.03. The van der Waals surface area contributed by atoms with Crippen LogP contribution in [0.25, 0.3) is 0 Å². The number of anilines is 2. The van der Waals surface area contributed by atoms with Gasteiger partial charge in [0.05, 0.1) is 17.8 Å². The van der Waals surface area contributed by atoms with Crippen LogP contribution >= 0.6 is 11.3 Å². The van der Waals surface area contributed by atoms with Crippen LogP contribution in [0.2, 0.25) is 0 Å². The van der Waals surface area contributed by atoms with Gasteiger partial charge in [-0.3, -0.25) is 5.32 Å². The van der Waals surface area contributed by atoms with Crippen molar-refractivity contribution in [2.75, 3.05) is 17.2 Å². The molecule has 1 aromatic carbocycles. The van der Waals surface area contributed by atoms with Crippen LogP contribution in [0.15, 0.2) is 24.3 Å². The quantitative estimate of drug-likeness (QED) is 0.623. The molecule has 3 N–H and O–H groups in total. The highest BCUT2D eigenvalue weighted by atomic mass is 32.1. The molecule has 2 aliphatic rings. The van der Waals surface area contributed by atoms with Gasteiger partial charge in [-0.25, -0.2) is 14.6 Å². The standard InChI is InChI=1S/C20H22F3N5O2S/c21-20(22,23)12-4-3-7-14(10-12)25-19(30)28-9-8-15-16(11-28)31-18(26-15)27-17(29)24-13-5-1-2-6-13/h3-4,7,10,13H,1-2,5-6,8-9,11H2,(H,25,30)(H2,24,26,27,29). The molecule has 11 heteroatoms. The molecule has 0 atom stereocenters. The lowest BCUT2D eigenvalue weighted by molar-refractivity contribution is -0.137. The van der Waals surface area contributed by atoms with Crippen molar-refractivity contribution in [2.24, 2.45) is 0 Å². The van der Waals surface area contributed by atoms with E-state index in [0.717, 1.165) is 48.4 Å². The molecule has 0 saturated heterocycles. The number of nitrogens with one attached hydrogen (secondary N) is 3. The molecule has 1 aliphatic heterocycles. The molecule has 0 radical (unpaired) electrons. The molecule has 1 aromatic heterocycles. The first kappa shape index (κ1) is 21.4. The fraction of sp³-hybridized carbons (Fsp3) is 0.450. The molecule has 4 amide bonds. The molecule has 4 rings (SSSR count). The fourth-order valence-corrected chi connectivity index (χ4v) is 4.81. The highest BCUT2D eigenvalue weighted by Gasteiger charge is 2.31. The van der Waals surface area contributed by atoms with E-state index >= 15 is 0 Å². The number of fused-ring (bicyclic) bond motifs is 1. The lowest BCUT2D eigenvalue weighted by atomic mass is 10.2. The minimum atomic E-state index is -4.48. The number of thiazole rings is 1. The summed E-state index contributed by atoms with van der Waals surface area (Å²) in [6, 6.07) is 3.97. The van der Waals surface area contributed by atoms with Gasteiger partial charge in [0.2, 0.25) is 0 Å². The maximum absolute atomic E-state index is 12.9. The second-order valence-corrected chi connectivity index (χ2v) is 8.73. The predicted octanol–water partition coefficient (Wildman–Crippen LogP) is 4.82. The molecule has 0 spiro atoms. The number of aromatic nitrogens is 1. The number of halogens is 3. The SMILES string of the molecule is O=C(Nc1nc2c(s1)CN(C(=O)Nc1cccc(C(F)(F)F)c1)CC2)NC1CCCC1. The van der Waals surface area contributed by atoms with Gasteiger partial charge in [0, 0.05) is 29.6 Å². The van der Waals surface area contributed by atoms with E-state index in [1.54, 1.807) is 0 Å². The molecule has 31 heavy (non-hydrogen) atoms. The van der Waals surface area contributed by atoms with E-state index in [1.165, 1.54) is 28.4 Å². The third-order valence-electron chi connectivity index (χ3n) is 5.37. The summed E-state index contributed by atoms with van der Waals surface area (Å²) < 4.78 is 38.6. The van der Waals surface area contributed by atoms with Gasteiger partial charge in [-0.1, -0.05) is 30.2 Å². The zero-order valence-corrected chi connectivity index (χ0v) is 17.4. The molecule has 1 fully saturated rings. The van der Waals surface area contributed by atoms with Crippen molar-refractivity contribution in [3.8, 4) is 0 Å². The van der Waals surface area contributed by atoms with Crippen molar-refractivity contribution in [2.45, 2.75) is 50.9 Å². The van der Waals surface area contributed by atoms with Gasteiger partial charge in [0.25, 0.3) is 0 Å². The van der Waals surface area contributed by atoms with E-state index in [1.807, 2.05) is 0 Å². The number of hydrogen-bond donors (Lipinski definition) is 3. The normalized spacial score (nSPS) is 16.7. The molecule has 1 saturated carbocycles. The average molecular weight is 453 g/mol. The molecule has 1 aliphatic carbocycles. The van der Waals surface area contributed by atoms with Gasteiger partial charge >= 0.3 is 18.2 Å². The smallest absolute Gasteiger partial charge is 0.335 e. The van der Waals surface area contributed by atoms with Crippen LogP contribution in [-0.4, -0.2) is 34.5 Å². The van der Waals surface area contributed by atoms with Gasteiger partial charge < -0.3 is 15.5 Å². The first-order valence-electron chi connectivity index (χ1n) is 10.1. The maximum atomic E-state index is 12.9. The summed E-state index contributed by atoms with van der Waals surface area (Å²) in [4.78, 5) is 31.5. The third-order valence-corrected chi connectivity index (χ3v) is 6.37. The highest BCUT2D eigenvalue weighted by Crippen LogP contribution is 2.31. The Hall–Kier alpha value is -2.82. The Balaban J connectivity index is 1.35.